The molecule has 166 valence electrons. The highest BCUT2D eigenvalue weighted by Crippen LogP contribution is 2.37. The van der Waals surface area contributed by atoms with Crippen molar-refractivity contribution < 1.29 is 31.4 Å². The molecular formula is C24H23F5O2. The van der Waals surface area contributed by atoms with E-state index in [4.69, 9.17) is 9.47 Å². The smallest absolute Gasteiger partial charge is 0.194 e. The first kappa shape index (κ1) is 22.0. The predicted octanol–water partition coefficient (Wildman–Crippen LogP) is 6.63. The predicted molar refractivity (Wildman–Crippen MR) is 106 cm³/mol. The molecule has 2 aromatic rings. The molecule has 1 heterocycles. The van der Waals surface area contributed by atoms with E-state index in [1.165, 1.54) is 12.1 Å². The molecule has 1 saturated heterocycles. The van der Waals surface area contributed by atoms with Crippen LogP contribution in [0.2, 0.25) is 0 Å². The summed E-state index contributed by atoms with van der Waals surface area (Å²) in [5.74, 6) is -6.34. The summed E-state index contributed by atoms with van der Waals surface area (Å²) >= 11 is 0. The molecule has 1 aliphatic carbocycles. The van der Waals surface area contributed by atoms with E-state index in [0.717, 1.165) is 6.42 Å². The average molecular weight is 438 g/mol. The highest BCUT2D eigenvalue weighted by molar-refractivity contribution is 5.72. The third-order valence-corrected chi connectivity index (χ3v) is 6.13. The molecular weight excluding hydrogens is 415 g/mol. The molecule has 0 bridgehead atoms. The summed E-state index contributed by atoms with van der Waals surface area (Å²) in [4.78, 5) is 0. The van der Waals surface area contributed by atoms with Crippen LogP contribution >= 0.6 is 0 Å². The Bertz CT molecular complexity index is 973. The summed E-state index contributed by atoms with van der Waals surface area (Å²) in [7, 11) is 0. The van der Waals surface area contributed by atoms with Gasteiger partial charge in [-0.05, 0) is 49.0 Å². The number of benzene rings is 2. The van der Waals surface area contributed by atoms with E-state index in [0.29, 0.717) is 56.1 Å². The fourth-order valence-electron chi connectivity index (χ4n) is 4.14. The number of hydrogen-bond donors (Lipinski definition) is 0. The summed E-state index contributed by atoms with van der Waals surface area (Å²) in [6.07, 6.45) is 4.44. The first-order valence-electron chi connectivity index (χ1n) is 10.4. The third-order valence-electron chi connectivity index (χ3n) is 6.13. The van der Waals surface area contributed by atoms with Crippen LogP contribution in [0.5, 0.6) is 0 Å². The molecule has 2 aromatic carbocycles. The number of halogens is 5. The van der Waals surface area contributed by atoms with Crippen molar-refractivity contribution in [2.45, 2.75) is 38.9 Å². The summed E-state index contributed by atoms with van der Waals surface area (Å²) in [6, 6.07) is 3.94. The zero-order valence-corrected chi connectivity index (χ0v) is 17.1. The van der Waals surface area contributed by atoms with Crippen molar-refractivity contribution in [1.82, 2.24) is 0 Å². The average Bonchev–Trinajstić information content (AvgIpc) is 2.79. The van der Waals surface area contributed by atoms with Crippen molar-refractivity contribution in [3.63, 3.8) is 0 Å². The molecule has 2 nitrogen and oxygen atoms in total. The second-order valence-electron chi connectivity index (χ2n) is 8.12. The van der Waals surface area contributed by atoms with E-state index < -0.39 is 29.1 Å². The Morgan fingerprint density at radius 3 is 2.06 bits per heavy atom. The van der Waals surface area contributed by atoms with Gasteiger partial charge in [0.05, 0.1) is 13.2 Å². The number of hydrogen-bond acceptors (Lipinski definition) is 2. The highest BCUT2D eigenvalue weighted by atomic mass is 19.2. The van der Waals surface area contributed by atoms with Gasteiger partial charge in [0.1, 0.15) is 0 Å². The second-order valence-corrected chi connectivity index (χ2v) is 8.12. The number of allylic oxidation sites excluding steroid dienone is 2. The van der Waals surface area contributed by atoms with Crippen molar-refractivity contribution >= 4 is 5.57 Å². The lowest BCUT2D eigenvalue weighted by Crippen LogP contribution is -2.37. The Labute approximate surface area is 177 Å². The van der Waals surface area contributed by atoms with Gasteiger partial charge in [0.25, 0.3) is 0 Å². The van der Waals surface area contributed by atoms with E-state index in [2.05, 4.69) is 6.92 Å². The summed E-state index contributed by atoms with van der Waals surface area (Å²) in [5, 5.41) is 0. The monoisotopic (exact) mass is 438 g/mol. The Morgan fingerprint density at radius 1 is 0.871 bits per heavy atom. The van der Waals surface area contributed by atoms with Gasteiger partial charge in [-0.2, -0.15) is 0 Å². The minimum absolute atomic E-state index is 0.110. The SMILES string of the molecule is CCC1COC(C2CC=C(c3ccc(-c4cc(F)c(F)c(F)c4)c(F)c3F)CC2)OC1. The van der Waals surface area contributed by atoms with Crippen LogP contribution in [0.25, 0.3) is 16.7 Å². The first-order valence-corrected chi connectivity index (χ1v) is 10.4. The summed E-state index contributed by atoms with van der Waals surface area (Å²) in [6.45, 7) is 3.43. The molecule has 1 fully saturated rings. The molecule has 0 spiro atoms. The molecule has 0 saturated carbocycles. The number of rotatable bonds is 4. The zero-order chi connectivity index (χ0) is 22.1. The number of ether oxygens (including phenoxy) is 2. The zero-order valence-electron chi connectivity index (χ0n) is 17.1. The van der Waals surface area contributed by atoms with Crippen molar-refractivity contribution in [2.24, 2.45) is 11.8 Å². The van der Waals surface area contributed by atoms with Crippen molar-refractivity contribution in [2.75, 3.05) is 13.2 Å². The largest absolute Gasteiger partial charge is 0.352 e. The first-order chi connectivity index (χ1) is 14.9. The maximum atomic E-state index is 14.8. The van der Waals surface area contributed by atoms with Gasteiger partial charge in [-0.3, -0.25) is 0 Å². The van der Waals surface area contributed by atoms with Crippen LogP contribution in [0.15, 0.2) is 30.3 Å². The van der Waals surface area contributed by atoms with Gasteiger partial charge in [0.2, 0.25) is 0 Å². The molecule has 0 aromatic heterocycles. The molecule has 31 heavy (non-hydrogen) atoms. The van der Waals surface area contributed by atoms with Crippen molar-refractivity contribution in [3.05, 3.63) is 65.0 Å². The molecule has 2 aliphatic rings. The van der Waals surface area contributed by atoms with Gasteiger partial charge in [-0.25, -0.2) is 22.0 Å². The van der Waals surface area contributed by atoms with E-state index in [1.807, 2.05) is 6.08 Å². The molecule has 1 aliphatic heterocycles. The lowest BCUT2D eigenvalue weighted by molar-refractivity contribution is -0.225. The van der Waals surface area contributed by atoms with Crippen LogP contribution in [-0.4, -0.2) is 19.5 Å². The standard InChI is InChI=1S/C24H23F5O2/c1-2-13-11-30-24(31-12-13)15-5-3-14(4-6-15)17-7-8-18(22(28)21(17)27)16-9-19(25)23(29)20(26)10-16/h3,7-10,13,15,24H,2,4-6,11-12H2,1H3. The van der Waals surface area contributed by atoms with E-state index >= 15 is 0 Å². The fourth-order valence-corrected chi connectivity index (χ4v) is 4.14. The molecule has 1 atom stereocenters. The van der Waals surface area contributed by atoms with Gasteiger partial charge in [0, 0.05) is 23.0 Å². The van der Waals surface area contributed by atoms with E-state index in [-0.39, 0.29) is 28.9 Å². The normalized spacial score (nSPS) is 24.2. The van der Waals surface area contributed by atoms with Gasteiger partial charge >= 0.3 is 0 Å². The van der Waals surface area contributed by atoms with Crippen LogP contribution in [-0.2, 0) is 9.47 Å². The van der Waals surface area contributed by atoms with Crippen LogP contribution in [0.4, 0.5) is 22.0 Å². The topological polar surface area (TPSA) is 18.5 Å². The molecule has 0 N–H and O–H groups in total. The maximum absolute atomic E-state index is 14.8. The third kappa shape index (κ3) is 4.39. The van der Waals surface area contributed by atoms with Crippen LogP contribution in [0, 0.1) is 40.9 Å². The molecule has 0 radical (unpaired) electrons. The molecule has 0 amide bonds. The summed E-state index contributed by atoms with van der Waals surface area (Å²) < 4.78 is 81.4. The van der Waals surface area contributed by atoms with E-state index in [9.17, 15) is 22.0 Å². The minimum atomic E-state index is -1.65. The summed E-state index contributed by atoms with van der Waals surface area (Å²) in [5.41, 5.74) is 0.175. The van der Waals surface area contributed by atoms with Crippen molar-refractivity contribution in [3.8, 4) is 11.1 Å². The van der Waals surface area contributed by atoms with Gasteiger partial charge in [-0.15, -0.1) is 0 Å². The Balaban J connectivity index is 1.52. The lowest BCUT2D eigenvalue weighted by Gasteiger charge is -2.35. The molecule has 4 rings (SSSR count). The fraction of sp³-hybridized carbons (Fsp3) is 0.417. The van der Waals surface area contributed by atoms with Crippen LogP contribution < -0.4 is 0 Å². The molecule has 7 heteroatoms. The Morgan fingerprint density at radius 2 is 1.48 bits per heavy atom. The highest BCUT2D eigenvalue weighted by Gasteiger charge is 2.30. The van der Waals surface area contributed by atoms with Crippen molar-refractivity contribution in [1.29, 1.82) is 0 Å². The van der Waals surface area contributed by atoms with Crippen LogP contribution in [0.1, 0.15) is 38.2 Å². The van der Waals surface area contributed by atoms with Gasteiger partial charge in [-0.1, -0.05) is 25.1 Å². The minimum Gasteiger partial charge on any atom is -0.352 e. The Hall–Kier alpha value is -2.25. The van der Waals surface area contributed by atoms with Gasteiger partial charge < -0.3 is 9.47 Å². The molecule has 1 unspecified atom stereocenters. The van der Waals surface area contributed by atoms with E-state index in [1.54, 1.807) is 0 Å². The quantitative estimate of drug-likeness (QED) is 0.394. The lowest BCUT2D eigenvalue weighted by atomic mass is 9.85. The Kier molecular flexibility index (Phi) is 6.44. The van der Waals surface area contributed by atoms with Crippen LogP contribution in [0.3, 0.4) is 0 Å². The second kappa shape index (κ2) is 9.09. The maximum Gasteiger partial charge on any atom is 0.194 e. The van der Waals surface area contributed by atoms with Gasteiger partial charge in [0.15, 0.2) is 35.4 Å².